The fourth-order valence-corrected chi connectivity index (χ4v) is 2.00. The minimum atomic E-state index is 0.322. The van der Waals surface area contributed by atoms with Gasteiger partial charge in [0.15, 0.2) is 0 Å². The van der Waals surface area contributed by atoms with Crippen molar-refractivity contribution >= 4 is 11.6 Å². The normalized spacial score (nSPS) is 9.38. The highest BCUT2D eigenvalue weighted by atomic mass is 35.5. The van der Waals surface area contributed by atoms with Crippen LogP contribution in [0, 0.1) is 30.1 Å². The van der Waals surface area contributed by atoms with Gasteiger partial charge in [0.05, 0.1) is 17.5 Å². The Morgan fingerprint density at radius 2 is 2.00 bits per heavy atom. The van der Waals surface area contributed by atoms with Gasteiger partial charge in [-0.1, -0.05) is 30.0 Å². The molecule has 0 aliphatic carbocycles. The molecule has 0 aliphatic rings. The number of hydrogen-bond donors (Lipinski definition) is 0. The molecule has 21 heavy (non-hydrogen) atoms. The van der Waals surface area contributed by atoms with Crippen LogP contribution in [0.15, 0.2) is 42.5 Å². The first-order valence-electron chi connectivity index (χ1n) is 6.51. The first-order valence-corrected chi connectivity index (χ1v) is 7.04. The molecule has 2 rings (SSSR count). The number of benzene rings is 2. The summed E-state index contributed by atoms with van der Waals surface area (Å²) >= 11 is 5.54. The fourth-order valence-electron chi connectivity index (χ4n) is 1.94. The minimum Gasteiger partial charge on any atom is -0.489 e. The summed E-state index contributed by atoms with van der Waals surface area (Å²) in [6.07, 6.45) is 0. The second-order valence-corrected chi connectivity index (χ2v) is 4.74. The van der Waals surface area contributed by atoms with Crippen LogP contribution in [-0.2, 0) is 6.61 Å². The van der Waals surface area contributed by atoms with E-state index in [4.69, 9.17) is 21.6 Å². The van der Waals surface area contributed by atoms with Crippen LogP contribution in [0.2, 0.25) is 0 Å². The molecule has 0 aliphatic heterocycles. The molecule has 0 fully saturated rings. The van der Waals surface area contributed by atoms with Gasteiger partial charge in [0.25, 0.3) is 0 Å². The highest BCUT2D eigenvalue weighted by molar-refractivity contribution is 6.19. The molecule has 2 aromatic rings. The summed E-state index contributed by atoms with van der Waals surface area (Å²) < 4.78 is 5.80. The van der Waals surface area contributed by atoms with Gasteiger partial charge >= 0.3 is 0 Å². The van der Waals surface area contributed by atoms with Crippen molar-refractivity contribution in [2.45, 2.75) is 13.5 Å². The van der Waals surface area contributed by atoms with Crippen molar-refractivity contribution < 1.29 is 4.74 Å². The Bertz CT molecular complexity index is 735. The first-order chi connectivity index (χ1) is 10.2. The molecule has 2 aromatic carbocycles. The van der Waals surface area contributed by atoms with Crippen molar-refractivity contribution in [3.63, 3.8) is 0 Å². The van der Waals surface area contributed by atoms with E-state index < -0.39 is 0 Å². The molecule has 0 N–H and O–H groups in total. The average molecular weight is 296 g/mol. The predicted molar refractivity (Wildman–Crippen MR) is 84.3 cm³/mol. The number of ether oxygens (including phenoxy) is 1. The Labute approximate surface area is 129 Å². The van der Waals surface area contributed by atoms with Crippen molar-refractivity contribution in [1.29, 1.82) is 5.26 Å². The van der Waals surface area contributed by atoms with Gasteiger partial charge in [0, 0.05) is 11.1 Å². The monoisotopic (exact) mass is 295 g/mol. The molecular weight excluding hydrogens is 282 g/mol. The SMILES string of the molecule is Cc1cc(C#CCCl)ccc1OCc1ccccc1C#N. The van der Waals surface area contributed by atoms with Crippen LogP contribution in [0.1, 0.15) is 22.3 Å². The lowest BCUT2D eigenvalue weighted by Gasteiger charge is -2.10. The van der Waals surface area contributed by atoms with Gasteiger partial charge in [-0.05, 0) is 36.8 Å². The van der Waals surface area contributed by atoms with Crippen LogP contribution >= 0.6 is 11.6 Å². The maximum absolute atomic E-state index is 9.06. The molecule has 0 bridgehead atoms. The lowest BCUT2D eigenvalue weighted by molar-refractivity contribution is 0.304. The zero-order valence-electron chi connectivity index (χ0n) is 11.7. The number of nitriles is 1. The van der Waals surface area contributed by atoms with E-state index in [0.717, 1.165) is 22.4 Å². The molecule has 0 heterocycles. The van der Waals surface area contributed by atoms with Gasteiger partial charge in [-0.2, -0.15) is 5.26 Å². The maximum Gasteiger partial charge on any atom is 0.122 e. The third kappa shape index (κ3) is 4.02. The Morgan fingerprint density at radius 3 is 2.71 bits per heavy atom. The Hall–Kier alpha value is -2.42. The number of hydrogen-bond acceptors (Lipinski definition) is 2. The van der Waals surface area contributed by atoms with Crippen molar-refractivity contribution in [3.05, 3.63) is 64.7 Å². The second kappa shape index (κ2) is 7.39. The molecule has 0 radical (unpaired) electrons. The molecule has 0 spiro atoms. The topological polar surface area (TPSA) is 33.0 Å². The quantitative estimate of drug-likeness (QED) is 0.632. The Kier molecular flexibility index (Phi) is 5.27. The third-order valence-corrected chi connectivity index (χ3v) is 3.13. The predicted octanol–water partition coefficient (Wildman–Crippen LogP) is 4.04. The van der Waals surface area contributed by atoms with Gasteiger partial charge in [-0.3, -0.25) is 0 Å². The van der Waals surface area contributed by atoms with E-state index in [9.17, 15) is 0 Å². The fraction of sp³-hybridized carbons (Fsp3) is 0.167. The molecule has 0 saturated heterocycles. The van der Waals surface area contributed by atoms with Crippen molar-refractivity contribution in [2.24, 2.45) is 0 Å². The minimum absolute atomic E-state index is 0.322. The van der Waals surface area contributed by atoms with Gasteiger partial charge in [0.2, 0.25) is 0 Å². The van der Waals surface area contributed by atoms with Gasteiger partial charge in [-0.25, -0.2) is 0 Å². The van der Waals surface area contributed by atoms with E-state index in [1.807, 2.05) is 43.3 Å². The standard InChI is InChI=1S/C18H14ClNO/c1-14-11-15(5-4-10-19)8-9-18(14)21-13-17-7-3-2-6-16(17)12-20/h2-3,6-9,11H,10,13H2,1H3. The second-order valence-electron chi connectivity index (χ2n) is 4.47. The molecule has 3 heteroatoms. The van der Waals surface area contributed by atoms with Crippen LogP contribution in [0.25, 0.3) is 0 Å². The van der Waals surface area contributed by atoms with E-state index in [1.54, 1.807) is 6.07 Å². The zero-order valence-corrected chi connectivity index (χ0v) is 12.4. The highest BCUT2D eigenvalue weighted by Gasteiger charge is 2.04. The highest BCUT2D eigenvalue weighted by Crippen LogP contribution is 2.20. The number of halogens is 1. The summed E-state index contributed by atoms with van der Waals surface area (Å²) in [5.74, 6) is 6.91. The smallest absolute Gasteiger partial charge is 0.122 e. The van der Waals surface area contributed by atoms with Crippen LogP contribution < -0.4 is 4.74 Å². The summed E-state index contributed by atoms with van der Waals surface area (Å²) in [5.41, 5.74) is 3.44. The van der Waals surface area contributed by atoms with Crippen LogP contribution in [0.5, 0.6) is 5.75 Å². The molecule has 0 aromatic heterocycles. The van der Waals surface area contributed by atoms with Crippen LogP contribution in [-0.4, -0.2) is 5.88 Å². The van der Waals surface area contributed by atoms with E-state index in [0.29, 0.717) is 18.1 Å². The first kappa shape index (κ1) is 15.0. The molecule has 2 nitrogen and oxygen atoms in total. The summed E-state index contributed by atoms with van der Waals surface area (Å²) in [4.78, 5) is 0. The molecule has 0 amide bonds. The van der Waals surface area contributed by atoms with E-state index >= 15 is 0 Å². The largest absolute Gasteiger partial charge is 0.489 e. The van der Waals surface area contributed by atoms with Gasteiger partial charge in [0.1, 0.15) is 12.4 Å². The third-order valence-electron chi connectivity index (χ3n) is 3.00. The van der Waals surface area contributed by atoms with E-state index in [1.165, 1.54) is 0 Å². The van der Waals surface area contributed by atoms with Gasteiger partial charge < -0.3 is 4.74 Å². The average Bonchev–Trinajstić information content (AvgIpc) is 2.52. The Morgan fingerprint density at radius 1 is 1.19 bits per heavy atom. The summed E-state index contributed by atoms with van der Waals surface area (Å²) in [5, 5.41) is 9.06. The lowest BCUT2D eigenvalue weighted by Crippen LogP contribution is -1.99. The molecule has 0 unspecified atom stereocenters. The lowest BCUT2D eigenvalue weighted by atomic mass is 10.1. The molecular formula is C18H14ClNO. The molecule has 104 valence electrons. The number of nitrogens with zero attached hydrogens (tertiary/aromatic N) is 1. The Balaban J connectivity index is 2.12. The number of alkyl halides is 1. The van der Waals surface area contributed by atoms with Crippen molar-refractivity contribution in [3.8, 4) is 23.7 Å². The van der Waals surface area contributed by atoms with Crippen LogP contribution in [0.3, 0.4) is 0 Å². The summed E-state index contributed by atoms with van der Waals surface area (Å²) in [7, 11) is 0. The summed E-state index contributed by atoms with van der Waals surface area (Å²) in [6.45, 7) is 2.34. The van der Waals surface area contributed by atoms with Crippen molar-refractivity contribution in [2.75, 3.05) is 5.88 Å². The maximum atomic E-state index is 9.06. The molecule has 0 saturated carbocycles. The van der Waals surface area contributed by atoms with E-state index in [-0.39, 0.29) is 0 Å². The molecule has 0 atom stereocenters. The van der Waals surface area contributed by atoms with E-state index in [2.05, 4.69) is 17.9 Å². The van der Waals surface area contributed by atoms with Gasteiger partial charge in [-0.15, -0.1) is 11.6 Å². The zero-order chi connectivity index (χ0) is 15.1. The van der Waals surface area contributed by atoms with Crippen LogP contribution in [0.4, 0.5) is 0 Å². The summed E-state index contributed by atoms with van der Waals surface area (Å²) in [6, 6.07) is 15.4. The van der Waals surface area contributed by atoms with Crippen molar-refractivity contribution in [1.82, 2.24) is 0 Å². The number of rotatable bonds is 3. The number of aryl methyl sites for hydroxylation is 1.